The number of methoxy groups -OCH3 is 1. The van der Waals surface area contributed by atoms with Crippen LogP contribution in [0.4, 0.5) is 4.39 Å². The van der Waals surface area contributed by atoms with Crippen LogP contribution in [0.15, 0.2) is 65.8 Å². The molecule has 0 amide bonds. The third kappa shape index (κ3) is 5.81. The zero-order valence-corrected chi connectivity index (χ0v) is 16.7. The summed E-state index contributed by atoms with van der Waals surface area (Å²) < 4.78 is 20.7. The molecule has 7 heteroatoms. The predicted molar refractivity (Wildman–Crippen MR) is 113 cm³/mol. The third-order valence-corrected chi connectivity index (χ3v) is 4.37. The van der Waals surface area contributed by atoms with E-state index in [1.807, 2.05) is 54.2 Å². The number of hydrogen-bond donors (Lipinski definition) is 2. The molecule has 0 spiro atoms. The van der Waals surface area contributed by atoms with Crippen molar-refractivity contribution in [2.24, 2.45) is 4.99 Å². The molecule has 0 fully saturated rings. The van der Waals surface area contributed by atoms with Crippen LogP contribution in [0.2, 0.25) is 0 Å². The Morgan fingerprint density at radius 1 is 1.10 bits per heavy atom. The summed E-state index contributed by atoms with van der Waals surface area (Å²) >= 11 is 0. The monoisotopic (exact) mass is 395 g/mol. The van der Waals surface area contributed by atoms with Crippen LogP contribution in [0, 0.1) is 5.82 Å². The lowest BCUT2D eigenvalue weighted by atomic mass is 10.1. The van der Waals surface area contributed by atoms with Gasteiger partial charge in [-0.2, -0.15) is 5.10 Å². The Kier molecular flexibility index (Phi) is 7.22. The van der Waals surface area contributed by atoms with Gasteiger partial charge in [0.05, 0.1) is 25.0 Å². The van der Waals surface area contributed by atoms with Crippen LogP contribution >= 0.6 is 0 Å². The van der Waals surface area contributed by atoms with Gasteiger partial charge in [0.15, 0.2) is 5.96 Å². The number of nitrogens with zero attached hydrogens (tertiary/aromatic N) is 3. The number of aromatic nitrogens is 2. The predicted octanol–water partition coefficient (Wildman–Crippen LogP) is 3.32. The summed E-state index contributed by atoms with van der Waals surface area (Å²) in [5, 5.41) is 11.0. The minimum Gasteiger partial charge on any atom is -0.497 e. The summed E-state index contributed by atoms with van der Waals surface area (Å²) in [6.45, 7) is 3.78. The highest BCUT2D eigenvalue weighted by molar-refractivity contribution is 5.79. The van der Waals surface area contributed by atoms with Gasteiger partial charge in [0, 0.05) is 19.3 Å². The summed E-state index contributed by atoms with van der Waals surface area (Å²) in [5.74, 6) is 1.31. The van der Waals surface area contributed by atoms with Crippen LogP contribution in [0.1, 0.15) is 18.2 Å². The van der Waals surface area contributed by atoms with Crippen molar-refractivity contribution in [2.45, 2.75) is 19.9 Å². The average molecular weight is 395 g/mol. The number of benzene rings is 2. The van der Waals surface area contributed by atoms with E-state index < -0.39 is 0 Å². The standard InChI is InChI=1S/C22H26FN5O/c1-3-24-22(25-14-12-17-6-4-5-7-21(17)23)26-16-18-13-15-28(27-18)19-8-10-20(29-2)11-9-19/h4-11,13,15H,3,12,14,16H2,1-2H3,(H2,24,25,26). The Bertz CT molecular complexity index is 936. The molecule has 1 aromatic heterocycles. The van der Waals surface area contributed by atoms with Gasteiger partial charge in [0.2, 0.25) is 0 Å². The molecule has 2 N–H and O–H groups in total. The minimum atomic E-state index is -0.180. The second kappa shape index (κ2) is 10.3. The van der Waals surface area contributed by atoms with Gasteiger partial charge < -0.3 is 15.4 Å². The molecule has 0 unspecified atom stereocenters. The summed E-state index contributed by atoms with van der Waals surface area (Å²) in [5.41, 5.74) is 2.50. The second-order valence-electron chi connectivity index (χ2n) is 6.41. The summed E-state index contributed by atoms with van der Waals surface area (Å²) in [7, 11) is 1.64. The first-order chi connectivity index (χ1) is 14.2. The molecule has 29 heavy (non-hydrogen) atoms. The zero-order valence-electron chi connectivity index (χ0n) is 16.7. The quantitative estimate of drug-likeness (QED) is 0.454. The van der Waals surface area contributed by atoms with Gasteiger partial charge in [-0.25, -0.2) is 14.1 Å². The van der Waals surface area contributed by atoms with E-state index in [2.05, 4.69) is 20.7 Å². The van der Waals surface area contributed by atoms with Crippen LogP contribution in [0.3, 0.4) is 0 Å². The molecule has 0 aliphatic rings. The minimum absolute atomic E-state index is 0.180. The van der Waals surface area contributed by atoms with Crippen LogP contribution in [-0.4, -0.2) is 35.9 Å². The number of nitrogens with one attached hydrogen (secondary N) is 2. The molecule has 152 valence electrons. The Morgan fingerprint density at radius 2 is 1.90 bits per heavy atom. The molecule has 1 heterocycles. The fourth-order valence-corrected chi connectivity index (χ4v) is 2.84. The number of aliphatic imine (C=N–C) groups is 1. The molecule has 0 bridgehead atoms. The first kappa shape index (κ1) is 20.4. The first-order valence-electron chi connectivity index (χ1n) is 9.64. The van der Waals surface area contributed by atoms with E-state index in [1.54, 1.807) is 19.2 Å². The molecule has 3 aromatic rings. The van der Waals surface area contributed by atoms with E-state index in [9.17, 15) is 4.39 Å². The van der Waals surface area contributed by atoms with Crippen molar-refractivity contribution in [3.8, 4) is 11.4 Å². The molecular formula is C22H26FN5O. The lowest BCUT2D eigenvalue weighted by Gasteiger charge is -2.11. The Morgan fingerprint density at radius 3 is 2.62 bits per heavy atom. The van der Waals surface area contributed by atoms with Crippen LogP contribution in [-0.2, 0) is 13.0 Å². The van der Waals surface area contributed by atoms with Crippen molar-refractivity contribution in [1.82, 2.24) is 20.4 Å². The van der Waals surface area contributed by atoms with Gasteiger partial charge in [0.25, 0.3) is 0 Å². The van der Waals surface area contributed by atoms with E-state index in [-0.39, 0.29) is 5.82 Å². The first-order valence-corrected chi connectivity index (χ1v) is 9.64. The average Bonchev–Trinajstić information content (AvgIpc) is 3.22. The molecule has 2 aromatic carbocycles. The van der Waals surface area contributed by atoms with Crippen molar-refractivity contribution in [2.75, 3.05) is 20.2 Å². The molecule has 0 radical (unpaired) electrons. The van der Waals surface area contributed by atoms with Crippen molar-refractivity contribution in [1.29, 1.82) is 0 Å². The van der Waals surface area contributed by atoms with E-state index >= 15 is 0 Å². The summed E-state index contributed by atoms with van der Waals surface area (Å²) in [4.78, 5) is 4.58. The zero-order chi connectivity index (χ0) is 20.5. The Labute approximate surface area is 170 Å². The van der Waals surface area contributed by atoms with Gasteiger partial charge in [0.1, 0.15) is 11.6 Å². The maximum absolute atomic E-state index is 13.7. The lowest BCUT2D eigenvalue weighted by molar-refractivity contribution is 0.414. The van der Waals surface area contributed by atoms with Crippen molar-refractivity contribution >= 4 is 5.96 Å². The van der Waals surface area contributed by atoms with Gasteiger partial charge >= 0.3 is 0 Å². The Balaban J connectivity index is 1.58. The van der Waals surface area contributed by atoms with Crippen molar-refractivity contribution in [3.63, 3.8) is 0 Å². The summed E-state index contributed by atoms with van der Waals surface area (Å²) in [6.07, 6.45) is 2.49. The number of rotatable bonds is 8. The maximum Gasteiger partial charge on any atom is 0.191 e. The molecule has 0 saturated heterocycles. The highest BCUT2D eigenvalue weighted by atomic mass is 19.1. The topological polar surface area (TPSA) is 63.5 Å². The van der Waals surface area contributed by atoms with E-state index in [4.69, 9.17) is 4.74 Å². The molecule has 0 saturated carbocycles. The van der Waals surface area contributed by atoms with E-state index in [0.29, 0.717) is 31.0 Å². The van der Waals surface area contributed by atoms with Crippen molar-refractivity contribution in [3.05, 3.63) is 77.9 Å². The lowest BCUT2D eigenvalue weighted by Crippen LogP contribution is -2.38. The Hall–Kier alpha value is -3.35. The molecule has 0 aliphatic carbocycles. The van der Waals surface area contributed by atoms with Crippen LogP contribution in [0.5, 0.6) is 5.75 Å². The molecular weight excluding hydrogens is 369 g/mol. The van der Waals surface area contributed by atoms with Gasteiger partial charge in [-0.1, -0.05) is 18.2 Å². The number of ether oxygens (including phenoxy) is 1. The fraction of sp³-hybridized carbons (Fsp3) is 0.273. The van der Waals surface area contributed by atoms with Gasteiger partial charge in [-0.05, 0) is 55.3 Å². The highest BCUT2D eigenvalue weighted by Crippen LogP contribution is 2.14. The smallest absolute Gasteiger partial charge is 0.191 e. The van der Waals surface area contributed by atoms with E-state index in [0.717, 1.165) is 23.7 Å². The van der Waals surface area contributed by atoms with Crippen LogP contribution < -0.4 is 15.4 Å². The highest BCUT2D eigenvalue weighted by Gasteiger charge is 2.04. The summed E-state index contributed by atoms with van der Waals surface area (Å²) in [6, 6.07) is 16.5. The van der Waals surface area contributed by atoms with Crippen LogP contribution in [0.25, 0.3) is 5.69 Å². The second-order valence-corrected chi connectivity index (χ2v) is 6.41. The SMILES string of the molecule is CCNC(=NCc1ccn(-c2ccc(OC)cc2)n1)NCCc1ccccc1F. The normalized spacial score (nSPS) is 11.3. The number of guanidine groups is 1. The van der Waals surface area contributed by atoms with E-state index in [1.165, 1.54) is 6.07 Å². The molecule has 6 nitrogen and oxygen atoms in total. The molecule has 0 atom stereocenters. The molecule has 3 rings (SSSR count). The number of halogens is 1. The fourth-order valence-electron chi connectivity index (χ4n) is 2.84. The van der Waals surface area contributed by atoms with Crippen molar-refractivity contribution < 1.29 is 9.13 Å². The van der Waals surface area contributed by atoms with Gasteiger partial charge in [-0.15, -0.1) is 0 Å². The third-order valence-electron chi connectivity index (χ3n) is 4.37. The largest absolute Gasteiger partial charge is 0.497 e. The maximum atomic E-state index is 13.7. The number of hydrogen-bond acceptors (Lipinski definition) is 3. The molecule has 0 aliphatic heterocycles. The van der Waals surface area contributed by atoms with Gasteiger partial charge in [-0.3, -0.25) is 0 Å².